The van der Waals surface area contributed by atoms with Gasteiger partial charge in [-0.05, 0) is 13.3 Å². The highest BCUT2D eigenvalue weighted by molar-refractivity contribution is 5.82. The molecule has 0 radical (unpaired) electrons. The molecule has 0 saturated carbocycles. The van der Waals surface area contributed by atoms with Crippen molar-refractivity contribution in [3.05, 3.63) is 48.6 Å². The van der Waals surface area contributed by atoms with Crippen LogP contribution >= 0.6 is 0 Å². The zero-order chi connectivity index (χ0) is 32.7. The Kier molecular flexibility index (Phi) is 12.9. The number of ether oxygens (including phenoxy) is 7. The summed E-state index contributed by atoms with van der Waals surface area (Å²) < 4.78 is 41.7. The molecule has 10 atom stereocenters. The molecule has 12 heteroatoms. The monoisotopic (exact) mass is 623 g/mol. The summed E-state index contributed by atoms with van der Waals surface area (Å²) in [5.41, 5.74) is 0.309. The largest absolute Gasteiger partial charge is 0.478 e. The molecule has 3 aliphatic heterocycles. The summed E-state index contributed by atoms with van der Waals surface area (Å²) in [6, 6.07) is 0. The van der Waals surface area contributed by atoms with Gasteiger partial charge >= 0.3 is 5.97 Å². The lowest BCUT2D eigenvalue weighted by molar-refractivity contribution is -0.333. The SMILES string of the molecule is C=C1CC(OC)(C(O)C(=O)NC2OCOC3C2OC(CC(CC=CC=CC=CC(=O)O)OC)C(C)(C)C3OC)OC(C)C1C. The van der Waals surface area contributed by atoms with E-state index in [1.807, 2.05) is 39.8 Å². The van der Waals surface area contributed by atoms with Crippen molar-refractivity contribution in [2.24, 2.45) is 11.3 Å². The molecule has 0 aromatic heterocycles. The molecule has 0 bridgehead atoms. The number of carbonyl (C=O) groups excluding carboxylic acids is 1. The lowest BCUT2D eigenvalue weighted by Gasteiger charge is -2.54. The predicted octanol–water partition coefficient (Wildman–Crippen LogP) is 2.86. The van der Waals surface area contributed by atoms with E-state index in [2.05, 4.69) is 11.9 Å². The number of carboxylic acids is 1. The number of carbonyl (C=O) groups is 2. The van der Waals surface area contributed by atoms with Gasteiger partial charge < -0.3 is 48.7 Å². The third-order valence-electron chi connectivity index (χ3n) is 8.99. The van der Waals surface area contributed by atoms with Crippen LogP contribution in [0.15, 0.2) is 48.6 Å². The molecular weight excluding hydrogens is 574 g/mol. The maximum absolute atomic E-state index is 13.4. The Morgan fingerprint density at radius 1 is 1.11 bits per heavy atom. The second-order valence-corrected chi connectivity index (χ2v) is 12.1. The van der Waals surface area contributed by atoms with Crippen LogP contribution in [0.5, 0.6) is 0 Å². The van der Waals surface area contributed by atoms with E-state index in [-0.39, 0.29) is 37.4 Å². The number of aliphatic hydroxyl groups is 1. The van der Waals surface area contributed by atoms with Gasteiger partial charge in [0.15, 0.2) is 12.3 Å². The Morgan fingerprint density at radius 2 is 1.82 bits per heavy atom. The fraction of sp³-hybridized carbons (Fsp3) is 0.688. The number of allylic oxidation sites excluding steroid dienone is 4. The first-order valence-electron chi connectivity index (χ1n) is 14.9. The fourth-order valence-corrected chi connectivity index (χ4v) is 6.04. The molecule has 1 amide bonds. The van der Waals surface area contributed by atoms with Crippen LogP contribution in [0.3, 0.4) is 0 Å². The van der Waals surface area contributed by atoms with Gasteiger partial charge in [-0.3, -0.25) is 4.79 Å². The molecule has 3 fully saturated rings. The number of methoxy groups -OCH3 is 3. The minimum atomic E-state index is -1.67. The first-order valence-corrected chi connectivity index (χ1v) is 14.9. The van der Waals surface area contributed by atoms with Gasteiger partial charge in [0.05, 0.1) is 24.4 Å². The van der Waals surface area contributed by atoms with E-state index in [9.17, 15) is 14.7 Å². The molecular formula is C32H49NO11. The normalized spacial score (nSPS) is 35.5. The van der Waals surface area contributed by atoms with E-state index in [1.165, 1.54) is 13.2 Å². The van der Waals surface area contributed by atoms with Crippen LogP contribution in [0.4, 0.5) is 0 Å². The second kappa shape index (κ2) is 15.7. The Morgan fingerprint density at radius 3 is 2.43 bits per heavy atom. The van der Waals surface area contributed by atoms with Crippen LogP contribution in [0.25, 0.3) is 0 Å². The molecule has 0 spiro atoms. The van der Waals surface area contributed by atoms with Gasteiger partial charge in [-0.25, -0.2) is 4.79 Å². The van der Waals surface area contributed by atoms with Gasteiger partial charge in [0, 0.05) is 51.6 Å². The van der Waals surface area contributed by atoms with Crippen LogP contribution in [-0.2, 0) is 42.7 Å². The van der Waals surface area contributed by atoms with Crippen LogP contribution in [0.2, 0.25) is 0 Å². The Bertz CT molecular complexity index is 1090. The van der Waals surface area contributed by atoms with Crippen LogP contribution < -0.4 is 5.32 Å². The number of fused-ring (bicyclic) bond motifs is 1. The minimum Gasteiger partial charge on any atom is -0.478 e. The highest BCUT2D eigenvalue weighted by Crippen LogP contribution is 2.44. The maximum Gasteiger partial charge on any atom is 0.328 e. The van der Waals surface area contributed by atoms with E-state index in [0.717, 1.165) is 11.6 Å². The van der Waals surface area contributed by atoms with E-state index in [0.29, 0.717) is 12.8 Å². The topological polar surface area (TPSA) is 151 Å². The molecule has 3 N–H and O–H groups in total. The van der Waals surface area contributed by atoms with E-state index in [4.69, 9.17) is 38.3 Å². The summed E-state index contributed by atoms with van der Waals surface area (Å²) in [6.45, 7) is 11.9. The summed E-state index contributed by atoms with van der Waals surface area (Å²) in [5, 5.41) is 22.6. The molecule has 3 saturated heterocycles. The second-order valence-electron chi connectivity index (χ2n) is 12.1. The maximum atomic E-state index is 13.4. The molecule has 44 heavy (non-hydrogen) atoms. The summed E-state index contributed by atoms with van der Waals surface area (Å²) in [4.78, 5) is 24.0. The number of rotatable bonds is 13. The first-order chi connectivity index (χ1) is 20.8. The number of hydrogen-bond donors (Lipinski definition) is 3. The van der Waals surface area contributed by atoms with Gasteiger partial charge in [0.2, 0.25) is 5.79 Å². The van der Waals surface area contributed by atoms with Crippen molar-refractivity contribution in [2.45, 2.75) is 102 Å². The molecule has 248 valence electrons. The summed E-state index contributed by atoms with van der Waals surface area (Å²) in [6.07, 6.45) is 5.59. The number of aliphatic hydroxyl groups excluding tert-OH is 1. The zero-order valence-corrected chi connectivity index (χ0v) is 26.8. The smallest absolute Gasteiger partial charge is 0.328 e. The van der Waals surface area contributed by atoms with Crippen molar-refractivity contribution in [1.82, 2.24) is 5.32 Å². The number of amides is 1. The molecule has 3 heterocycles. The molecule has 12 nitrogen and oxygen atoms in total. The lowest BCUT2D eigenvalue weighted by atomic mass is 9.72. The van der Waals surface area contributed by atoms with Crippen molar-refractivity contribution in [1.29, 1.82) is 0 Å². The summed E-state index contributed by atoms with van der Waals surface area (Å²) in [5.74, 6) is -3.30. The average molecular weight is 624 g/mol. The van der Waals surface area contributed by atoms with Gasteiger partial charge in [0.25, 0.3) is 5.91 Å². The number of nitrogens with one attached hydrogen (secondary N) is 1. The third kappa shape index (κ3) is 8.24. The van der Waals surface area contributed by atoms with Crippen molar-refractivity contribution >= 4 is 11.9 Å². The predicted molar refractivity (Wildman–Crippen MR) is 160 cm³/mol. The molecule has 3 aliphatic rings. The van der Waals surface area contributed by atoms with Gasteiger partial charge in [-0.2, -0.15) is 0 Å². The molecule has 0 aromatic rings. The Hall–Kier alpha value is -2.42. The lowest BCUT2D eigenvalue weighted by Crippen LogP contribution is -2.69. The van der Waals surface area contributed by atoms with Crippen LogP contribution in [0, 0.1) is 11.3 Å². The minimum absolute atomic E-state index is 0.0406. The van der Waals surface area contributed by atoms with Crippen LogP contribution in [-0.4, -0.2) is 105 Å². The number of carboxylic acid groups (broad SMARTS) is 1. The molecule has 0 aromatic carbocycles. The van der Waals surface area contributed by atoms with Crippen molar-refractivity contribution in [3.8, 4) is 0 Å². The van der Waals surface area contributed by atoms with E-state index >= 15 is 0 Å². The fourth-order valence-electron chi connectivity index (χ4n) is 6.04. The Balaban J connectivity index is 1.74. The van der Waals surface area contributed by atoms with Gasteiger partial charge in [-0.15, -0.1) is 0 Å². The zero-order valence-electron chi connectivity index (χ0n) is 26.8. The average Bonchev–Trinajstić information content (AvgIpc) is 2.98. The van der Waals surface area contributed by atoms with Crippen LogP contribution in [0.1, 0.15) is 47.0 Å². The van der Waals surface area contributed by atoms with Crippen molar-refractivity contribution < 1.29 is 53.0 Å². The standard InChI is InChI=1S/C32H49NO11/c1-19-17-32(40-8,44-21(3)20(19)2)27(36)29(37)33-30-26-25(41-18-42-30)28(39-7)31(4,5)23(43-26)16-22(38-6)14-12-10-9-11-13-15-24(34)35/h9-13,15,20-23,25-28,30,36H,1,14,16-18H2,2-8H3,(H,33,37)(H,34,35). The van der Waals surface area contributed by atoms with Gasteiger partial charge in [0.1, 0.15) is 19.0 Å². The van der Waals surface area contributed by atoms with Crippen molar-refractivity contribution in [2.75, 3.05) is 28.1 Å². The molecule has 10 unspecified atom stereocenters. The Labute approximate surface area is 260 Å². The quantitative estimate of drug-likeness (QED) is 0.158. The first kappa shape index (κ1) is 36.1. The highest BCUT2D eigenvalue weighted by atomic mass is 16.7. The van der Waals surface area contributed by atoms with E-state index < -0.39 is 53.7 Å². The number of aliphatic carboxylic acids is 1. The van der Waals surface area contributed by atoms with Crippen molar-refractivity contribution in [3.63, 3.8) is 0 Å². The summed E-state index contributed by atoms with van der Waals surface area (Å²) >= 11 is 0. The number of hydrogen-bond acceptors (Lipinski definition) is 10. The molecule has 0 aliphatic carbocycles. The molecule has 3 rings (SSSR count). The van der Waals surface area contributed by atoms with Gasteiger partial charge in [-0.1, -0.05) is 63.3 Å². The highest BCUT2D eigenvalue weighted by Gasteiger charge is 2.57. The third-order valence-corrected chi connectivity index (χ3v) is 8.99. The summed E-state index contributed by atoms with van der Waals surface area (Å²) in [7, 11) is 4.63. The van der Waals surface area contributed by atoms with E-state index in [1.54, 1.807) is 26.4 Å².